The second-order valence-corrected chi connectivity index (χ2v) is 6.33. The Hall–Kier alpha value is -2.81. The lowest BCUT2D eigenvalue weighted by molar-refractivity contribution is 0.0793. The van der Waals surface area contributed by atoms with Gasteiger partial charge in [-0.1, -0.05) is 55.8 Å². The van der Waals surface area contributed by atoms with Crippen molar-refractivity contribution in [1.29, 1.82) is 0 Å². The van der Waals surface area contributed by atoms with Crippen LogP contribution >= 0.6 is 0 Å². The van der Waals surface area contributed by atoms with Crippen molar-refractivity contribution >= 4 is 35.2 Å². The summed E-state index contributed by atoms with van der Waals surface area (Å²) in [7, 11) is 0. The van der Waals surface area contributed by atoms with Gasteiger partial charge in [0.1, 0.15) is 5.76 Å². The highest BCUT2D eigenvalue weighted by molar-refractivity contribution is 5.96. The molecule has 25 heavy (non-hydrogen) atoms. The molecule has 0 saturated carbocycles. The maximum absolute atomic E-state index is 11.7. The zero-order valence-electron chi connectivity index (χ0n) is 14.2. The Bertz CT molecular complexity index is 1030. The van der Waals surface area contributed by atoms with E-state index in [-0.39, 0.29) is 0 Å². The summed E-state index contributed by atoms with van der Waals surface area (Å²) in [6.07, 6.45) is 12.2. The van der Waals surface area contributed by atoms with Crippen LogP contribution in [0.5, 0.6) is 0 Å². The molecule has 0 aromatic heterocycles. The first-order chi connectivity index (χ1) is 12.3. The van der Waals surface area contributed by atoms with Crippen molar-refractivity contribution in [3.63, 3.8) is 0 Å². The molecule has 0 bridgehead atoms. The second-order valence-electron chi connectivity index (χ2n) is 6.33. The zero-order valence-corrected chi connectivity index (χ0v) is 14.2. The minimum Gasteiger partial charge on any atom is -0.434 e. The SMILES string of the molecule is CCCCOC(=O)OC1=CCc2c(ccc3c4c(ccc23)=CC=C4)=C1. The largest absolute Gasteiger partial charge is 0.513 e. The van der Waals surface area contributed by atoms with Crippen LogP contribution in [0.4, 0.5) is 4.79 Å². The van der Waals surface area contributed by atoms with Crippen LogP contribution in [-0.4, -0.2) is 12.8 Å². The predicted molar refractivity (Wildman–Crippen MR) is 100 cm³/mol. The van der Waals surface area contributed by atoms with E-state index in [4.69, 9.17) is 9.47 Å². The van der Waals surface area contributed by atoms with E-state index in [1.54, 1.807) is 0 Å². The molecule has 2 aromatic carbocycles. The van der Waals surface area contributed by atoms with E-state index in [0.29, 0.717) is 12.4 Å². The fourth-order valence-corrected chi connectivity index (χ4v) is 3.38. The Morgan fingerprint density at radius 2 is 1.96 bits per heavy atom. The number of hydrogen-bond acceptors (Lipinski definition) is 3. The van der Waals surface area contributed by atoms with E-state index in [1.165, 1.54) is 27.1 Å². The molecule has 0 radical (unpaired) electrons. The fourth-order valence-electron chi connectivity index (χ4n) is 3.38. The molecule has 0 heterocycles. The summed E-state index contributed by atoms with van der Waals surface area (Å²) in [4.78, 5) is 11.7. The van der Waals surface area contributed by atoms with Gasteiger partial charge in [-0.05, 0) is 57.3 Å². The van der Waals surface area contributed by atoms with Crippen molar-refractivity contribution in [1.82, 2.24) is 0 Å². The van der Waals surface area contributed by atoms with Gasteiger partial charge in [-0.3, -0.25) is 0 Å². The van der Waals surface area contributed by atoms with E-state index >= 15 is 0 Å². The highest BCUT2D eigenvalue weighted by Crippen LogP contribution is 2.23. The first-order valence-electron chi connectivity index (χ1n) is 8.76. The molecule has 0 amide bonds. The molecule has 126 valence electrons. The molecule has 4 rings (SSSR count). The summed E-state index contributed by atoms with van der Waals surface area (Å²) in [6.45, 7) is 2.45. The second kappa shape index (κ2) is 6.60. The molecule has 3 nitrogen and oxygen atoms in total. The topological polar surface area (TPSA) is 35.5 Å². The average molecular weight is 332 g/mol. The molecule has 3 heteroatoms. The van der Waals surface area contributed by atoms with Crippen LogP contribution in [0.3, 0.4) is 0 Å². The van der Waals surface area contributed by atoms with Crippen molar-refractivity contribution in [2.45, 2.75) is 26.2 Å². The molecular weight excluding hydrogens is 312 g/mol. The molecule has 2 aromatic rings. The number of carbonyl (C=O) groups is 1. The Labute approximate surface area is 146 Å². The summed E-state index contributed by atoms with van der Waals surface area (Å²) in [5.74, 6) is 0.558. The molecule has 2 aliphatic carbocycles. The van der Waals surface area contributed by atoms with Gasteiger partial charge in [0, 0.05) is 0 Å². The highest BCUT2D eigenvalue weighted by atomic mass is 16.7. The normalized spacial score (nSPS) is 14.2. The van der Waals surface area contributed by atoms with Crippen LogP contribution < -0.4 is 10.4 Å². The molecule has 0 aliphatic heterocycles. The summed E-state index contributed by atoms with van der Waals surface area (Å²) >= 11 is 0. The summed E-state index contributed by atoms with van der Waals surface area (Å²) in [5.41, 5.74) is 2.55. The Morgan fingerprint density at radius 3 is 2.84 bits per heavy atom. The smallest absolute Gasteiger partial charge is 0.434 e. The number of ether oxygens (including phenoxy) is 2. The van der Waals surface area contributed by atoms with E-state index in [2.05, 4.69) is 49.4 Å². The van der Waals surface area contributed by atoms with E-state index in [9.17, 15) is 4.79 Å². The molecule has 0 saturated heterocycles. The molecular formula is C22H20O3. The third-order valence-corrected chi connectivity index (χ3v) is 4.69. The van der Waals surface area contributed by atoms with E-state index < -0.39 is 6.16 Å². The van der Waals surface area contributed by atoms with Gasteiger partial charge >= 0.3 is 6.16 Å². The number of unbranched alkanes of at least 4 members (excludes halogenated alkanes) is 1. The number of hydrogen-bond donors (Lipinski definition) is 0. The molecule has 0 atom stereocenters. The lowest BCUT2D eigenvalue weighted by atomic mass is 9.94. The lowest BCUT2D eigenvalue weighted by Crippen LogP contribution is -2.17. The number of carbonyl (C=O) groups excluding carboxylic acids is 1. The van der Waals surface area contributed by atoms with Gasteiger partial charge in [0.2, 0.25) is 0 Å². The zero-order chi connectivity index (χ0) is 17.2. The van der Waals surface area contributed by atoms with E-state index in [1.807, 2.05) is 12.2 Å². The molecule has 0 fully saturated rings. The summed E-state index contributed by atoms with van der Waals surface area (Å²) in [6, 6.07) is 8.60. The van der Waals surface area contributed by atoms with Crippen LogP contribution in [0.1, 0.15) is 30.9 Å². The lowest BCUT2D eigenvalue weighted by Gasteiger charge is -2.14. The van der Waals surface area contributed by atoms with Gasteiger partial charge in [0.15, 0.2) is 0 Å². The maximum atomic E-state index is 11.7. The third-order valence-electron chi connectivity index (χ3n) is 4.69. The fraction of sp³-hybridized carbons (Fsp3) is 0.227. The Balaban J connectivity index is 1.62. The number of allylic oxidation sites excluding steroid dienone is 3. The highest BCUT2D eigenvalue weighted by Gasteiger charge is 2.13. The van der Waals surface area contributed by atoms with Crippen molar-refractivity contribution in [2.24, 2.45) is 0 Å². The maximum Gasteiger partial charge on any atom is 0.513 e. The monoisotopic (exact) mass is 332 g/mol. The number of fused-ring (bicyclic) bond motifs is 5. The minimum atomic E-state index is -0.626. The molecule has 0 unspecified atom stereocenters. The summed E-state index contributed by atoms with van der Waals surface area (Å²) in [5, 5.41) is 4.89. The van der Waals surface area contributed by atoms with Crippen LogP contribution in [0.2, 0.25) is 0 Å². The molecule has 0 spiro atoms. The summed E-state index contributed by atoms with van der Waals surface area (Å²) < 4.78 is 10.4. The van der Waals surface area contributed by atoms with Gasteiger partial charge in [-0.2, -0.15) is 0 Å². The van der Waals surface area contributed by atoms with Crippen molar-refractivity contribution in [2.75, 3.05) is 6.61 Å². The first kappa shape index (κ1) is 15.7. The third kappa shape index (κ3) is 2.98. The van der Waals surface area contributed by atoms with Crippen LogP contribution in [-0.2, 0) is 15.9 Å². The first-order valence-corrected chi connectivity index (χ1v) is 8.76. The van der Waals surface area contributed by atoms with E-state index in [0.717, 1.165) is 24.5 Å². The Morgan fingerprint density at radius 1 is 1.12 bits per heavy atom. The van der Waals surface area contributed by atoms with Gasteiger partial charge in [-0.15, -0.1) is 0 Å². The van der Waals surface area contributed by atoms with Crippen molar-refractivity contribution in [3.8, 4) is 0 Å². The average Bonchev–Trinajstić information content (AvgIpc) is 3.10. The molecule has 2 aliphatic rings. The number of benzene rings is 2. The van der Waals surface area contributed by atoms with Gasteiger partial charge in [0.25, 0.3) is 0 Å². The van der Waals surface area contributed by atoms with Crippen LogP contribution in [0.25, 0.3) is 29.0 Å². The van der Waals surface area contributed by atoms with Gasteiger partial charge in [-0.25, -0.2) is 4.79 Å². The minimum absolute atomic E-state index is 0.402. The quantitative estimate of drug-likeness (QED) is 0.631. The standard InChI is InChI=1S/C22H20O3/c1-2-3-13-24-22(23)25-17-9-12-19-16(14-17)8-11-20-18-6-4-5-15(18)7-10-21(19)20/h4-11,14H,2-3,12-13H2,1H3. The van der Waals surface area contributed by atoms with Crippen molar-refractivity contribution < 1.29 is 14.3 Å². The van der Waals surface area contributed by atoms with Gasteiger partial charge < -0.3 is 9.47 Å². The van der Waals surface area contributed by atoms with Gasteiger partial charge in [0.05, 0.1) is 6.61 Å². The van der Waals surface area contributed by atoms with Crippen LogP contribution in [0.15, 0.2) is 42.2 Å². The molecule has 0 N–H and O–H groups in total. The van der Waals surface area contributed by atoms with Crippen LogP contribution in [0, 0.1) is 0 Å². The van der Waals surface area contributed by atoms with Crippen molar-refractivity contribution in [3.05, 3.63) is 63.7 Å². The Kier molecular flexibility index (Phi) is 4.14. The predicted octanol–water partition coefficient (Wildman–Crippen LogP) is 3.82. The number of rotatable bonds is 4.